The van der Waals surface area contributed by atoms with Crippen LogP contribution in [0.25, 0.3) is 0 Å². The van der Waals surface area contributed by atoms with Crippen LogP contribution in [0.15, 0.2) is 36.5 Å². The van der Waals surface area contributed by atoms with Crippen LogP contribution in [0.3, 0.4) is 0 Å². The first-order valence-corrected chi connectivity index (χ1v) is 4.34. The van der Waals surface area contributed by atoms with E-state index in [0.29, 0.717) is 5.82 Å². The molecule has 0 saturated heterocycles. The van der Waals surface area contributed by atoms with Crippen LogP contribution in [0.5, 0.6) is 0 Å². The fourth-order valence-electron chi connectivity index (χ4n) is 1.06. The molecule has 0 aliphatic rings. The summed E-state index contributed by atoms with van der Waals surface area (Å²) in [6.45, 7) is 0. The zero-order chi connectivity index (χ0) is 10.5. The number of para-hydroxylation sites is 1. The zero-order valence-electron chi connectivity index (χ0n) is 7.77. The fourth-order valence-corrected chi connectivity index (χ4v) is 1.06. The quantitative estimate of drug-likeness (QED) is 0.690. The zero-order valence-corrected chi connectivity index (χ0v) is 7.77. The number of amides is 2. The minimum Gasteiger partial charge on any atom is -0.308 e. The van der Waals surface area contributed by atoms with Gasteiger partial charge in [0.2, 0.25) is 0 Å². The van der Waals surface area contributed by atoms with Crippen molar-refractivity contribution in [2.24, 2.45) is 0 Å². The Morgan fingerprint density at radius 3 is 2.67 bits per heavy atom. The largest absolute Gasteiger partial charge is 0.324 e. The summed E-state index contributed by atoms with van der Waals surface area (Å²) < 4.78 is 0. The molecule has 15 heavy (non-hydrogen) atoms. The third kappa shape index (κ3) is 2.53. The van der Waals surface area contributed by atoms with E-state index in [-0.39, 0.29) is 6.03 Å². The Hall–Kier alpha value is -2.37. The van der Waals surface area contributed by atoms with Gasteiger partial charge in [0, 0.05) is 5.69 Å². The molecule has 1 aromatic carbocycles. The van der Waals surface area contributed by atoms with Crippen LogP contribution in [0.1, 0.15) is 0 Å². The van der Waals surface area contributed by atoms with Crippen molar-refractivity contribution in [3.63, 3.8) is 0 Å². The number of hydrogen-bond acceptors (Lipinski definition) is 3. The normalized spacial score (nSPS) is 9.60. The molecule has 76 valence electrons. The van der Waals surface area contributed by atoms with Crippen LogP contribution in [0.4, 0.5) is 16.3 Å². The Morgan fingerprint density at radius 2 is 2.00 bits per heavy atom. The van der Waals surface area contributed by atoms with Crippen molar-refractivity contribution >= 4 is 17.5 Å². The molecule has 0 atom stereocenters. The van der Waals surface area contributed by atoms with Crippen molar-refractivity contribution in [1.82, 2.24) is 15.4 Å². The highest BCUT2D eigenvalue weighted by molar-refractivity contribution is 5.98. The van der Waals surface area contributed by atoms with E-state index >= 15 is 0 Å². The molecule has 1 heterocycles. The summed E-state index contributed by atoms with van der Waals surface area (Å²) in [5.41, 5.74) is 0.721. The van der Waals surface area contributed by atoms with Crippen molar-refractivity contribution in [3.05, 3.63) is 36.5 Å². The molecule has 0 unspecified atom stereocenters. The number of hydrogen-bond donors (Lipinski definition) is 3. The minimum absolute atomic E-state index is 0.352. The third-order valence-corrected chi connectivity index (χ3v) is 1.69. The first-order valence-electron chi connectivity index (χ1n) is 4.34. The summed E-state index contributed by atoms with van der Waals surface area (Å²) in [4.78, 5) is 11.4. The molecule has 2 rings (SSSR count). The highest BCUT2D eigenvalue weighted by Gasteiger charge is 2.02. The van der Waals surface area contributed by atoms with Gasteiger partial charge in [-0.1, -0.05) is 23.4 Å². The number of anilines is 2. The second-order valence-electron chi connectivity index (χ2n) is 2.80. The predicted molar refractivity (Wildman–Crippen MR) is 55.5 cm³/mol. The molecular weight excluding hydrogens is 194 g/mol. The second-order valence-corrected chi connectivity index (χ2v) is 2.80. The van der Waals surface area contributed by atoms with Crippen molar-refractivity contribution < 1.29 is 4.79 Å². The molecule has 2 aromatic rings. The molecule has 0 spiro atoms. The average molecular weight is 203 g/mol. The van der Waals surface area contributed by atoms with Gasteiger partial charge in [0.15, 0.2) is 5.82 Å². The van der Waals surface area contributed by atoms with Crippen LogP contribution in [-0.4, -0.2) is 21.4 Å². The number of aromatic nitrogens is 3. The van der Waals surface area contributed by atoms with Gasteiger partial charge in [-0.05, 0) is 12.1 Å². The molecule has 2 amide bonds. The molecule has 0 aliphatic carbocycles. The van der Waals surface area contributed by atoms with Gasteiger partial charge in [0.1, 0.15) is 0 Å². The van der Waals surface area contributed by atoms with Gasteiger partial charge in [0.25, 0.3) is 0 Å². The fraction of sp³-hybridized carbons (Fsp3) is 0. The lowest BCUT2D eigenvalue weighted by Crippen LogP contribution is -2.19. The van der Waals surface area contributed by atoms with Crippen LogP contribution in [0, 0.1) is 0 Å². The molecular formula is C9H9N5O. The van der Waals surface area contributed by atoms with E-state index < -0.39 is 0 Å². The number of rotatable bonds is 2. The summed E-state index contributed by atoms with van der Waals surface area (Å²) in [6, 6.07) is 8.79. The van der Waals surface area contributed by atoms with Gasteiger partial charge in [-0.25, -0.2) is 4.79 Å². The number of H-pyrrole nitrogens is 1. The molecule has 0 bridgehead atoms. The van der Waals surface area contributed by atoms with E-state index in [1.165, 1.54) is 6.20 Å². The average Bonchev–Trinajstić information content (AvgIpc) is 2.71. The van der Waals surface area contributed by atoms with E-state index in [0.717, 1.165) is 5.69 Å². The summed E-state index contributed by atoms with van der Waals surface area (Å²) in [5, 5.41) is 14.7. The van der Waals surface area contributed by atoms with E-state index in [2.05, 4.69) is 26.0 Å². The van der Waals surface area contributed by atoms with Gasteiger partial charge in [-0.15, -0.1) is 5.10 Å². The molecule has 6 heteroatoms. The standard InChI is InChI=1S/C9H9N5O/c15-9(12-8-6-10-14-13-8)11-7-4-2-1-3-5-7/h1-6H,(H3,10,11,12,13,14,15). The van der Waals surface area contributed by atoms with E-state index in [1.807, 2.05) is 18.2 Å². The molecule has 0 fully saturated rings. The highest BCUT2D eigenvalue weighted by Crippen LogP contribution is 2.05. The maximum atomic E-state index is 11.4. The maximum Gasteiger partial charge on any atom is 0.324 e. The van der Waals surface area contributed by atoms with Gasteiger partial charge >= 0.3 is 6.03 Å². The lowest BCUT2D eigenvalue weighted by atomic mass is 10.3. The predicted octanol–water partition coefficient (Wildman–Crippen LogP) is 1.45. The lowest BCUT2D eigenvalue weighted by Gasteiger charge is -2.03. The number of urea groups is 1. The number of aromatic amines is 1. The third-order valence-electron chi connectivity index (χ3n) is 1.69. The minimum atomic E-state index is -0.352. The first kappa shape index (κ1) is 9.20. The molecule has 0 saturated carbocycles. The van der Waals surface area contributed by atoms with Crippen LogP contribution in [-0.2, 0) is 0 Å². The second kappa shape index (κ2) is 4.23. The van der Waals surface area contributed by atoms with E-state index in [4.69, 9.17) is 0 Å². The van der Waals surface area contributed by atoms with Crippen molar-refractivity contribution in [2.75, 3.05) is 10.6 Å². The molecule has 1 aromatic heterocycles. The summed E-state index contributed by atoms with van der Waals surface area (Å²) in [6.07, 6.45) is 1.49. The van der Waals surface area contributed by atoms with Crippen molar-refractivity contribution in [1.29, 1.82) is 0 Å². The maximum absolute atomic E-state index is 11.4. The van der Waals surface area contributed by atoms with Crippen LogP contribution < -0.4 is 10.6 Å². The summed E-state index contributed by atoms with van der Waals surface area (Å²) >= 11 is 0. The number of nitrogens with one attached hydrogen (secondary N) is 3. The van der Waals surface area contributed by atoms with Gasteiger partial charge in [0.05, 0.1) is 6.20 Å². The number of nitrogens with zero attached hydrogens (tertiary/aromatic N) is 2. The number of carbonyl (C=O) groups is 1. The molecule has 0 aliphatic heterocycles. The van der Waals surface area contributed by atoms with Crippen molar-refractivity contribution in [2.45, 2.75) is 0 Å². The lowest BCUT2D eigenvalue weighted by molar-refractivity contribution is 0.262. The van der Waals surface area contributed by atoms with Crippen LogP contribution in [0.2, 0.25) is 0 Å². The van der Waals surface area contributed by atoms with Gasteiger partial charge in [-0.2, -0.15) is 0 Å². The Labute approximate surface area is 85.7 Å². The topological polar surface area (TPSA) is 82.7 Å². The monoisotopic (exact) mass is 203 g/mol. The highest BCUT2D eigenvalue weighted by atomic mass is 16.2. The molecule has 0 radical (unpaired) electrons. The van der Waals surface area contributed by atoms with E-state index in [9.17, 15) is 4.79 Å². The van der Waals surface area contributed by atoms with Gasteiger partial charge in [-0.3, -0.25) is 10.4 Å². The smallest absolute Gasteiger partial charge is 0.308 e. The molecule has 6 nitrogen and oxygen atoms in total. The van der Waals surface area contributed by atoms with Crippen LogP contribution >= 0.6 is 0 Å². The Kier molecular flexibility index (Phi) is 2.59. The Morgan fingerprint density at radius 1 is 1.20 bits per heavy atom. The Balaban J connectivity index is 1.94. The SMILES string of the molecule is O=C(Nc1ccccc1)Nc1c[nH]nn1. The molecule has 3 N–H and O–H groups in total. The number of carbonyl (C=O) groups excluding carboxylic acids is 1. The van der Waals surface area contributed by atoms with E-state index in [1.54, 1.807) is 12.1 Å². The number of benzene rings is 1. The first-order chi connectivity index (χ1) is 7.34. The van der Waals surface area contributed by atoms with Gasteiger partial charge < -0.3 is 5.32 Å². The Bertz CT molecular complexity index is 425. The summed E-state index contributed by atoms with van der Waals surface area (Å²) in [7, 11) is 0. The van der Waals surface area contributed by atoms with Crippen molar-refractivity contribution in [3.8, 4) is 0 Å². The summed E-state index contributed by atoms with van der Waals surface area (Å²) in [5.74, 6) is 0.378.